The van der Waals surface area contributed by atoms with Gasteiger partial charge in [-0.1, -0.05) is 27.7 Å². The van der Waals surface area contributed by atoms with Crippen molar-refractivity contribution < 1.29 is 9.53 Å². The molecule has 3 saturated carbocycles. The maximum Gasteiger partial charge on any atom is 0.221 e. The van der Waals surface area contributed by atoms with Crippen molar-refractivity contribution in [1.82, 2.24) is 0 Å². The lowest BCUT2D eigenvalue weighted by atomic mass is 9.43. The number of amides is 1. The first kappa shape index (κ1) is 14.4. The molecular weight excluding hydrogens is 250 g/mol. The maximum atomic E-state index is 12.1. The van der Waals surface area contributed by atoms with Crippen LogP contribution in [-0.4, -0.2) is 18.6 Å². The second-order valence-electron chi connectivity index (χ2n) is 8.62. The molecule has 3 nitrogen and oxygen atoms in total. The van der Waals surface area contributed by atoms with E-state index in [4.69, 9.17) is 10.5 Å². The molecule has 0 saturated heterocycles. The number of rotatable bonds is 2. The molecule has 0 unspecified atom stereocenters. The number of hydrogen-bond donors (Lipinski definition) is 1. The molecule has 5 atom stereocenters. The van der Waals surface area contributed by atoms with Crippen molar-refractivity contribution in [2.75, 3.05) is 7.11 Å². The van der Waals surface area contributed by atoms with Crippen LogP contribution in [0, 0.1) is 28.1 Å². The molecule has 0 aliphatic heterocycles. The van der Waals surface area contributed by atoms with E-state index in [2.05, 4.69) is 27.7 Å². The molecule has 4 bridgehead atoms. The number of primary amides is 1. The highest BCUT2D eigenvalue weighted by atomic mass is 16.5. The third-order valence-corrected chi connectivity index (χ3v) is 7.60. The van der Waals surface area contributed by atoms with Crippen molar-refractivity contribution in [2.24, 2.45) is 33.8 Å². The Hall–Kier alpha value is -0.570. The fourth-order valence-electron chi connectivity index (χ4n) is 6.86. The van der Waals surface area contributed by atoms with Crippen molar-refractivity contribution in [3.63, 3.8) is 0 Å². The van der Waals surface area contributed by atoms with Gasteiger partial charge >= 0.3 is 0 Å². The topological polar surface area (TPSA) is 52.3 Å². The molecule has 0 aromatic heterocycles. The Morgan fingerprint density at radius 2 is 1.75 bits per heavy atom. The smallest absolute Gasteiger partial charge is 0.221 e. The van der Waals surface area contributed by atoms with Crippen LogP contribution in [-0.2, 0) is 9.53 Å². The number of ether oxygens (including phenoxy) is 1. The summed E-state index contributed by atoms with van der Waals surface area (Å²) in [5.41, 5.74) is 5.90. The van der Waals surface area contributed by atoms with Gasteiger partial charge in [0.05, 0.1) is 5.60 Å². The molecule has 0 aromatic rings. The fourth-order valence-corrected chi connectivity index (χ4v) is 6.86. The van der Waals surface area contributed by atoms with Gasteiger partial charge in [-0.15, -0.1) is 0 Å². The summed E-state index contributed by atoms with van der Waals surface area (Å²) in [6.07, 6.45) is 5.47. The van der Waals surface area contributed by atoms with Crippen LogP contribution in [0.4, 0.5) is 0 Å². The zero-order valence-electron chi connectivity index (χ0n) is 13.6. The molecule has 3 aliphatic rings. The first-order valence-electron chi connectivity index (χ1n) is 7.99. The summed E-state index contributed by atoms with van der Waals surface area (Å²) in [4.78, 5) is 12.1. The van der Waals surface area contributed by atoms with E-state index in [0.717, 1.165) is 19.3 Å². The number of hydrogen-bond acceptors (Lipinski definition) is 2. The van der Waals surface area contributed by atoms with Crippen molar-refractivity contribution >= 4 is 5.91 Å². The Labute approximate surface area is 122 Å². The molecule has 114 valence electrons. The Morgan fingerprint density at radius 3 is 2.30 bits per heavy atom. The van der Waals surface area contributed by atoms with Crippen LogP contribution in [0.15, 0.2) is 0 Å². The molecule has 3 heteroatoms. The first-order valence-corrected chi connectivity index (χ1v) is 7.99. The molecular formula is C17H29NO2. The maximum absolute atomic E-state index is 12.1. The SMILES string of the molecule is CO[C@]12CC(C)(C)[C@H]3CC[C@@]1(C)CC[C@@H](C(N)=O)[C@@]32C. The standard InChI is InChI=1S/C17H29NO2/c1-14(2)10-17(20-5)15(3)8-6-11(13(18)19)16(17,4)12(14)7-9-15/h11-12H,6-10H2,1-5H3,(H2,18,19)/t11-,12+,15+,16-,17+/m0/s1. The van der Waals surface area contributed by atoms with E-state index in [1.54, 1.807) is 0 Å². The number of carbonyl (C=O) groups is 1. The Morgan fingerprint density at radius 1 is 1.15 bits per heavy atom. The van der Waals surface area contributed by atoms with Gasteiger partial charge in [-0.3, -0.25) is 4.79 Å². The van der Waals surface area contributed by atoms with E-state index >= 15 is 0 Å². The summed E-state index contributed by atoms with van der Waals surface area (Å²) in [6, 6.07) is 0. The van der Waals surface area contributed by atoms with E-state index in [9.17, 15) is 4.79 Å². The van der Waals surface area contributed by atoms with Gasteiger partial charge in [0.1, 0.15) is 0 Å². The Bertz CT molecular complexity index is 460. The van der Waals surface area contributed by atoms with Gasteiger partial charge in [0.2, 0.25) is 5.91 Å². The fraction of sp³-hybridized carbons (Fsp3) is 0.941. The minimum absolute atomic E-state index is 0.0393. The monoisotopic (exact) mass is 279 g/mol. The highest BCUT2D eigenvalue weighted by Gasteiger charge is 2.77. The predicted molar refractivity (Wildman–Crippen MR) is 79.0 cm³/mol. The van der Waals surface area contributed by atoms with Crippen LogP contribution in [0.2, 0.25) is 0 Å². The highest BCUT2D eigenvalue weighted by molar-refractivity contribution is 5.78. The van der Waals surface area contributed by atoms with Crippen molar-refractivity contribution in [3.8, 4) is 0 Å². The molecule has 0 heterocycles. The third kappa shape index (κ3) is 1.29. The molecule has 20 heavy (non-hydrogen) atoms. The van der Waals surface area contributed by atoms with Crippen LogP contribution in [0.5, 0.6) is 0 Å². The largest absolute Gasteiger partial charge is 0.377 e. The van der Waals surface area contributed by atoms with Gasteiger partial charge in [-0.05, 0) is 48.9 Å². The second kappa shape index (κ2) is 3.79. The van der Waals surface area contributed by atoms with Crippen LogP contribution in [0.3, 0.4) is 0 Å². The highest BCUT2D eigenvalue weighted by Crippen LogP contribution is 2.77. The van der Waals surface area contributed by atoms with Crippen LogP contribution < -0.4 is 5.73 Å². The average Bonchev–Trinajstić information content (AvgIpc) is 2.43. The van der Waals surface area contributed by atoms with E-state index in [1.807, 2.05) is 7.11 Å². The van der Waals surface area contributed by atoms with E-state index in [-0.39, 0.29) is 33.7 Å². The summed E-state index contributed by atoms with van der Waals surface area (Å²) in [6.45, 7) is 9.38. The quantitative estimate of drug-likeness (QED) is 0.844. The third-order valence-electron chi connectivity index (χ3n) is 7.60. The van der Waals surface area contributed by atoms with E-state index in [0.29, 0.717) is 5.92 Å². The zero-order chi connectivity index (χ0) is 15.0. The van der Waals surface area contributed by atoms with Gasteiger partial charge in [0.25, 0.3) is 0 Å². The number of nitrogens with two attached hydrogens (primary N) is 1. The number of methoxy groups -OCH3 is 1. The summed E-state index contributed by atoms with van der Waals surface area (Å²) in [7, 11) is 1.85. The Balaban J connectivity index is 2.24. The van der Waals surface area contributed by atoms with Crippen molar-refractivity contribution in [1.29, 1.82) is 0 Å². The minimum Gasteiger partial charge on any atom is -0.377 e. The molecule has 3 aliphatic carbocycles. The summed E-state index contributed by atoms with van der Waals surface area (Å²) < 4.78 is 6.25. The average molecular weight is 279 g/mol. The van der Waals surface area contributed by atoms with Gasteiger partial charge < -0.3 is 10.5 Å². The lowest BCUT2D eigenvalue weighted by molar-refractivity contribution is -0.243. The van der Waals surface area contributed by atoms with Crippen molar-refractivity contribution in [2.45, 2.75) is 65.4 Å². The van der Waals surface area contributed by atoms with Crippen LogP contribution in [0.1, 0.15) is 59.8 Å². The molecule has 1 amide bonds. The van der Waals surface area contributed by atoms with Gasteiger partial charge in [0, 0.05) is 18.4 Å². The van der Waals surface area contributed by atoms with E-state index in [1.165, 1.54) is 12.8 Å². The molecule has 0 spiro atoms. The minimum atomic E-state index is -0.190. The van der Waals surface area contributed by atoms with Gasteiger partial charge in [0.15, 0.2) is 0 Å². The van der Waals surface area contributed by atoms with E-state index < -0.39 is 0 Å². The first-order chi connectivity index (χ1) is 9.15. The Kier molecular flexibility index (Phi) is 2.72. The lowest BCUT2D eigenvalue weighted by Gasteiger charge is -2.64. The molecule has 0 aromatic carbocycles. The normalized spacial score (nSPS) is 52.9. The summed E-state index contributed by atoms with van der Waals surface area (Å²) in [5.74, 6) is 0.365. The van der Waals surface area contributed by atoms with Gasteiger partial charge in [-0.25, -0.2) is 0 Å². The molecule has 3 fully saturated rings. The zero-order valence-corrected chi connectivity index (χ0v) is 13.6. The van der Waals surface area contributed by atoms with Crippen LogP contribution in [0.25, 0.3) is 0 Å². The molecule has 3 rings (SSSR count). The van der Waals surface area contributed by atoms with Crippen molar-refractivity contribution in [3.05, 3.63) is 0 Å². The lowest BCUT2D eigenvalue weighted by Crippen LogP contribution is -2.67. The van der Waals surface area contributed by atoms with Crippen LogP contribution >= 0.6 is 0 Å². The predicted octanol–water partition coefficient (Wildman–Crippen LogP) is 3.12. The molecule has 2 N–H and O–H groups in total. The second-order valence-corrected chi connectivity index (χ2v) is 8.62. The summed E-state index contributed by atoms with van der Waals surface area (Å²) in [5, 5.41) is 0. The molecule has 0 radical (unpaired) electrons. The summed E-state index contributed by atoms with van der Waals surface area (Å²) >= 11 is 0. The number of carbonyl (C=O) groups excluding carboxylic acids is 1. The van der Waals surface area contributed by atoms with Gasteiger partial charge in [-0.2, -0.15) is 0 Å².